The summed E-state index contributed by atoms with van der Waals surface area (Å²) < 4.78 is 0. The van der Waals surface area contributed by atoms with Crippen LogP contribution in [0.2, 0.25) is 0 Å². The summed E-state index contributed by atoms with van der Waals surface area (Å²) >= 11 is 0. The fourth-order valence-electron chi connectivity index (χ4n) is 3.08. The highest BCUT2D eigenvalue weighted by atomic mass is 15.0. The van der Waals surface area contributed by atoms with Gasteiger partial charge in [-0.25, -0.2) is 0 Å². The molecule has 0 aliphatic heterocycles. The van der Waals surface area contributed by atoms with Gasteiger partial charge in [0.2, 0.25) is 0 Å². The number of nitrogens with one attached hydrogen (secondary N) is 2. The molecule has 1 atom stereocenters. The van der Waals surface area contributed by atoms with Gasteiger partial charge in [0.1, 0.15) is 5.84 Å². The summed E-state index contributed by atoms with van der Waals surface area (Å²) in [4.78, 5) is 4.37. The largest absolute Gasteiger partial charge is 0.398 e. The number of nitrogens with two attached hydrogens (primary N) is 1. The molecular weight excluding hydrogens is 284 g/mol. The molecule has 0 radical (unpaired) electrons. The Hall–Kier alpha value is -2.36. The number of rotatable bonds is 4. The molecule has 0 heterocycles. The van der Waals surface area contributed by atoms with Gasteiger partial charge >= 0.3 is 0 Å². The van der Waals surface area contributed by atoms with Crippen LogP contribution in [0.5, 0.6) is 0 Å². The Kier molecular flexibility index (Phi) is 5.37. The Balaban J connectivity index is 2.22. The summed E-state index contributed by atoms with van der Waals surface area (Å²) in [7, 11) is 1.77. The van der Waals surface area contributed by atoms with E-state index in [0.717, 1.165) is 35.9 Å². The number of hydrogen-bond acceptors (Lipinski definition) is 3. The maximum atomic E-state index is 7.41. The summed E-state index contributed by atoms with van der Waals surface area (Å²) in [5.74, 6) is 1.52. The van der Waals surface area contributed by atoms with Crippen molar-refractivity contribution in [3.8, 4) is 0 Å². The molecule has 0 amide bonds. The quantitative estimate of drug-likeness (QED) is 0.438. The fraction of sp³-hybridized carbons (Fsp3) is 0.368. The first-order valence-electron chi connectivity index (χ1n) is 7.98. The van der Waals surface area contributed by atoms with Crippen LogP contribution in [0, 0.1) is 11.3 Å². The standard InChI is InChI=1S/C19H26N4/c1-12-5-7-17(13(2)9-12)14(3)19(22-4)23-16-6-8-18(21)15(10-16)11-20/h6,8,10-12,20H,3,5,7,9,21H2,1-2,4H3,(H,22,23). The molecule has 122 valence electrons. The van der Waals surface area contributed by atoms with Crippen molar-refractivity contribution in [3.63, 3.8) is 0 Å². The van der Waals surface area contributed by atoms with Crippen molar-refractivity contribution in [1.29, 1.82) is 5.41 Å². The number of amidine groups is 1. The molecule has 4 heteroatoms. The molecule has 1 aromatic carbocycles. The third-order valence-corrected chi connectivity index (χ3v) is 4.44. The van der Waals surface area contributed by atoms with Crippen LogP contribution in [0.3, 0.4) is 0 Å². The minimum Gasteiger partial charge on any atom is -0.398 e. The van der Waals surface area contributed by atoms with E-state index in [1.54, 1.807) is 13.1 Å². The van der Waals surface area contributed by atoms with Crippen LogP contribution in [0.4, 0.5) is 11.4 Å². The van der Waals surface area contributed by atoms with Gasteiger partial charge in [0.15, 0.2) is 0 Å². The zero-order valence-electron chi connectivity index (χ0n) is 14.2. The highest BCUT2D eigenvalue weighted by molar-refractivity contribution is 6.10. The predicted octanol–water partition coefficient (Wildman–Crippen LogP) is 4.40. The van der Waals surface area contributed by atoms with Crippen LogP contribution < -0.4 is 11.1 Å². The van der Waals surface area contributed by atoms with E-state index in [1.807, 2.05) is 12.1 Å². The molecule has 0 aromatic heterocycles. The normalized spacial score (nSPS) is 18.7. The molecule has 23 heavy (non-hydrogen) atoms. The van der Waals surface area contributed by atoms with E-state index in [4.69, 9.17) is 11.1 Å². The van der Waals surface area contributed by atoms with Crippen LogP contribution >= 0.6 is 0 Å². The first-order valence-corrected chi connectivity index (χ1v) is 7.98. The number of anilines is 2. The lowest BCUT2D eigenvalue weighted by Gasteiger charge is -2.25. The molecule has 1 unspecified atom stereocenters. The van der Waals surface area contributed by atoms with Crippen LogP contribution in [-0.4, -0.2) is 19.1 Å². The number of hydrogen-bond donors (Lipinski definition) is 3. The van der Waals surface area contributed by atoms with E-state index in [1.165, 1.54) is 23.8 Å². The Morgan fingerprint density at radius 2 is 2.22 bits per heavy atom. The Morgan fingerprint density at radius 1 is 1.48 bits per heavy atom. The van der Waals surface area contributed by atoms with Gasteiger partial charge < -0.3 is 16.5 Å². The van der Waals surface area contributed by atoms with Gasteiger partial charge in [0.05, 0.1) is 0 Å². The van der Waals surface area contributed by atoms with Crippen molar-refractivity contribution in [1.82, 2.24) is 0 Å². The topological polar surface area (TPSA) is 74.3 Å². The maximum Gasteiger partial charge on any atom is 0.132 e. The highest BCUT2D eigenvalue weighted by Crippen LogP contribution is 2.33. The lowest BCUT2D eigenvalue weighted by atomic mass is 9.82. The van der Waals surface area contributed by atoms with Gasteiger partial charge in [-0.15, -0.1) is 0 Å². The average molecular weight is 310 g/mol. The van der Waals surface area contributed by atoms with Gasteiger partial charge in [0.25, 0.3) is 0 Å². The third kappa shape index (κ3) is 3.89. The molecule has 2 rings (SSSR count). The van der Waals surface area contributed by atoms with Crippen LogP contribution in [0.15, 0.2) is 46.5 Å². The van der Waals surface area contributed by atoms with E-state index in [9.17, 15) is 0 Å². The van der Waals surface area contributed by atoms with Gasteiger partial charge in [0, 0.05) is 35.8 Å². The summed E-state index contributed by atoms with van der Waals surface area (Å²) in [6.07, 6.45) is 4.64. The third-order valence-electron chi connectivity index (χ3n) is 4.44. The van der Waals surface area contributed by atoms with Gasteiger partial charge in [-0.3, -0.25) is 4.99 Å². The van der Waals surface area contributed by atoms with Crippen molar-refractivity contribution in [3.05, 3.63) is 47.1 Å². The average Bonchev–Trinajstić information content (AvgIpc) is 2.53. The zero-order chi connectivity index (χ0) is 17.0. The molecule has 1 aliphatic rings. The number of allylic oxidation sites excluding steroid dienone is 1. The van der Waals surface area contributed by atoms with Crippen molar-refractivity contribution in [2.45, 2.75) is 33.1 Å². The van der Waals surface area contributed by atoms with E-state index in [-0.39, 0.29) is 0 Å². The second-order valence-corrected chi connectivity index (χ2v) is 6.27. The van der Waals surface area contributed by atoms with Gasteiger partial charge in [-0.2, -0.15) is 0 Å². The van der Waals surface area contributed by atoms with E-state index in [0.29, 0.717) is 11.3 Å². The van der Waals surface area contributed by atoms with Crippen molar-refractivity contribution < 1.29 is 0 Å². The van der Waals surface area contributed by atoms with Crippen molar-refractivity contribution >= 4 is 23.4 Å². The maximum absolute atomic E-state index is 7.41. The Bertz CT molecular complexity index is 683. The first-order chi connectivity index (χ1) is 11.0. The molecule has 0 fully saturated rings. The van der Waals surface area contributed by atoms with E-state index >= 15 is 0 Å². The number of benzene rings is 1. The van der Waals surface area contributed by atoms with Crippen molar-refractivity contribution in [2.75, 3.05) is 18.1 Å². The molecule has 1 aliphatic carbocycles. The molecule has 0 saturated heterocycles. The van der Waals surface area contributed by atoms with Gasteiger partial charge in [-0.05, 0) is 55.9 Å². The zero-order valence-corrected chi connectivity index (χ0v) is 14.2. The molecule has 4 N–H and O–H groups in total. The van der Waals surface area contributed by atoms with Gasteiger partial charge in [-0.1, -0.05) is 19.1 Å². The second kappa shape index (κ2) is 7.27. The van der Waals surface area contributed by atoms with E-state index in [2.05, 4.69) is 30.7 Å². The summed E-state index contributed by atoms with van der Waals surface area (Å²) in [6.45, 7) is 8.75. The van der Waals surface area contributed by atoms with Crippen molar-refractivity contribution in [2.24, 2.45) is 10.9 Å². The number of nitrogen functional groups attached to an aromatic ring is 1. The Morgan fingerprint density at radius 3 is 2.83 bits per heavy atom. The molecular formula is C19H26N4. The molecule has 0 bridgehead atoms. The minimum absolute atomic E-state index is 0.596. The summed E-state index contributed by atoms with van der Waals surface area (Å²) in [5, 5.41) is 10.7. The predicted molar refractivity (Wildman–Crippen MR) is 101 cm³/mol. The summed E-state index contributed by atoms with van der Waals surface area (Å²) in [5.41, 5.74) is 11.7. The van der Waals surface area contributed by atoms with Crippen LogP contribution in [0.25, 0.3) is 0 Å². The number of nitrogens with zero attached hydrogens (tertiary/aromatic N) is 1. The first kappa shape index (κ1) is 17.0. The lowest BCUT2D eigenvalue weighted by molar-refractivity contribution is 0.500. The molecule has 4 nitrogen and oxygen atoms in total. The smallest absolute Gasteiger partial charge is 0.132 e. The van der Waals surface area contributed by atoms with E-state index < -0.39 is 0 Å². The Labute approximate surface area is 138 Å². The minimum atomic E-state index is 0.596. The summed E-state index contributed by atoms with van der Waals surface area (Å²) in [6, 6.07) is 5.54. The van der Waals surface area contributed by atoms with Crippen LogP contribution in [-0.2, 0) is 0 Å². The van der Waals surface area contributed by atoms with Crippen LogP contribution in [0.1, 0.15) is 38.7 Å². The highest BCUT2D eigenvalue weighted by Gasteiger charge is 2.19. The molecule has 1 aromatic rings. The second-order valence-electron chi connectivity index (χ2n) is 6.27. The molecule has 0 spiro atoms. The SMILES string of the molecule is C=C(C(=NC)Nc1ccc(N)c(C=N)c1)C1=C(C)CC(C)CC1. The molecule has 0 saturated carbocycles. The fourth-order valence-corrected chi connectivity index (χ4v) is 3.08. The number of aliphatic imine (C=N–C) groups is 1. The monoisotopic (exact) mass is 310 g/mol. The lowest BCUT2D eigenvalue weighted by Crippen LogP contribution is -2.19.